The van der Waals surface area contributed by atoms with Gasteiger partial charge in [0.05, 0.1) is 4.88 Å². The molecule has 0 N–H and O–H groups in total. The normalized spacial score (nSPS) is 10.4. The SMILES string of the molecule is Cc1cc(C(=O)c2ccsn2)sc1C. The van der Waals surface area contributed by atoms with Gasteiger partial charge in [-0.3, -0.25) is 4.79 Å². The highest BCUT2D eigenvalue weighted by Gasteiger charge is 2.14. The monoisotopic (exact) mass is 223 g/mol. The van der Waals surface area contributed by atoms with Gasteiger partial charge in [-0.1, -0.05) is 0 Å². The zero-order valence-electron chi connectivity index (χ0n) is 7.90. The lowest BCUT2D eigenvalue weighted by Gasteiger charge is -1.89. The van der Waals surface area contributed by atoms with E-state index in [1.807, 2.05) is 25.3 Å². The molecule has 2 aromatic heterocycles. The molecule has 2 nitrogen and oxygen atoms in total. The molecule has 4 heteroatoms. The van der Waals surface area contributed by atoms with E-state index in [1.54, 1.807) is 6.07 Å². The molecule has 0 bridgehead atoms. The summed E-state index contributed by atoms with van der Waals surface area (Å²) < 4.78 is 4.03. The summed E-state index contributed by atoms with van der Waals surface area (Å²) in [7, 11) is 0. The minimum absolute atomic E-state index is 0.0347. The summed E-state index contributed by atoms with van der Waals surface area (Å²) in [6.07, 6.45) is 0. The first-order chi connectivity index (χ1) is 6.68. The summed E-state index contributed by atoms with van der Waals surface area (Å²) in [6, 6.07) is 3.69. The second kappa shape index (κ2) is 3.63. The van der Waals surface area contributed by atoms with E-state index in [9.17, 15) is 4.79 Å². The van der Waals surface area contributed by atoms with E-state index in [1.165, 1.54) is 33.3 Å². The summed E-state index contributed by atoms with van der Waals surface area (Å²) in [4.78, 5) is 13.8. The Labute approximate surface area is 90.4 Å². The maximum absolute atomic E-state index is 11.8. The van der Waals surface area contributed by atoms with E-state index in [2.05, 4.69) is 4.37 Å². The molecule has 0 saturated carbocycles. The number of carbonyl (C=O) groups is 1. The third-order valence-corrected chi connectivity index (χ3v) is 3.77. The minimum atomic E-state index is 0.0347. The second-order valence-corrected chi connectivity index (χ2v) is 4.99. The zero-order valence-corrected chi connectivity index (χ0v) is 9.54. The Kier molecular flexibility index (Phi) is 2.48. The molecule has 0 unspecified atom stereocenters. The molecule has 0 saturated heterocycles. The van der Waals surface area contributed by atoms with Crippen LogP contribution < -0.4 is 0 Å². The highest BCUT2D eigenvalue weighted by molar-refractivity contribution is 7.14. The average Bonchev–Trinajstić information content (AvgIpc) is 2.76. The lowest BCUT2D eigenvalue weighted by Crippen LogP contribution is -1.97. The molecule has 0 radical (unpaired) electrons. The number of hydrogen-bond donors (Lipinski definition) is 0. The van der Waals surface area contributed by atoms with Crippen LogP contribution in [0.3, 0.4) is 0 Å². The maximum atomic E-state index is 11.8. The van der Waals surface area contributed by atoms with Crippen LogP contribution in [0.2, 0.25) is 0 Å². The summed E-state index contributed by atoms with van der Waals surface area (Å²) in [5.41, 5.74) is 1.73. The van der Waals surface area contributed by atoms with Crippen LogP contribution in [0, 0.1) is 13.8 Å². The van der Waals surface area contributed by atoms with Gasteiger partial charge >= 0.3 is 0 Å². The van der Waals surface area contributed by atoms with E-state index in [-0.39, 0.29) is 5.78 Å². The fourth-order valence-corrected chi connectivity index (χ4v) is 2.63. The van der Waals surface area contributed by atoms with Crippen molar-refractivity contribution in [2.45, 2.75) is 13.8 Å². The Morgan fingerprint density at radius 3 is 2.71 bits per heavy atom. The molecule has 0 fully saturated rings. The third-order valence-electron chi connectivity index (χ3n) is 2.06. The van der Waals surface area contributed by atoms with Crippen molar-refractivity contribution in [3.63, 3.8) is 0 Å². The lowest BCUT2D eigenvalue weighted by atomic mass is 10.2. The molecule has 0 spiro atoms. The van der Waals surface area contributed by atoms with Crippen molar-refractivity contribution in [3.05, 3.63) is 38.5 Å². The number of carbonyl (C=O) groups excluding carboxylic acids is 1. The van der Waals surface area contributed by atoms with Crippen molar-refractivity contribution in [3.8, 4) is 0 Å². The standard InChI is InChI=1S/C10H9NOS2/c1-6-5-9(14-7(6)2)10(12)8-3-4-13-11-8/h3-5H,1-2H3. The smallest absolute Gasteiger partial charge is 0.222 e. The van der Waals surface area contributed by atoms with Crippen molar-refractivity contribution in [1.82, 2.24) is 4.37 Å². The average molecular weight is 223 g/mol. The van der Waals surface area contributed by atoms with Crippen LogP contribution in [0.5, 0.6) is 0 Å². The van der Waals surface area contributed by atoms with Gasteiger partial charge < -0.3 is 0 Å². The first-order valence-electron chi connectivity index (χ1n) is 4.20. The van der Waals surface area contributed by atoms with E-state index < -0.39 is 0 Å². The number of aromatic nitrogens is 1. The van der Waals surface area contributed by atoms with Crippen LogP contribution >= 0.6 is 22.9 Å². The Morgan fingerprint density at radius 1 is 1.43 bits per heavy atom. The number of thiophene rings is 1. The van der Waals surface area contributed by atoms with Crippen LogP contribution in [0.25, 0.3) is 0 Å². The van der Waals surface area contributed by atoms with Gasteiger partial charge in [0.1, 0.15) is 5.69 Å². The first-order valence-corrected chi connectivity index (χ1v) is 5.86. The summed E-state index contributed by atoms with van der Waals surface area (Å²) in [5, 5.41) is 1.82. The molecule has 2 rings (SSSR count). The number of nitrogens with zero attached hydrogens (tertiary/aromatic N) is 1. The molecule has 14 heavy (non-hydrogen) atoms. The number of rotatable bonds is 2. The maximum Gasteiger partial charge on any atom is 0.222 e. The molecule has 2 aromatic rings. The van der Waals surface area contributed by atoms with Crippen molar-refractivity contribution in [2.75, 3.05) is 0 Å². The van der Waals surface area contributed by atoms with E-state index >= 15 is 0 Å². The molecule has 0 aromatic carbocycles. The molecule has 0 atom stereocenters. The van der Waals surface area contributed by atoms with Gasteiger partial charge in [-0.05, 0) is 43.1 Å². The molecule has 0 aliphatic rings. The van der Waals surface area contributed by atoms with Crippen LogP contribution in [0.1, 0.15) is 25.8 Å². The first kappa shape index (κ1) is 9.55. The van der Waals surface area contributed by atoms with Crippen molar-refractivity contribution in [1.29, 1.82) is 0 Å². The molecule has 0 aliphatic carbocycles. The van der Waals surface area contributed by atoms with Crippen LogP contribution in [0.4, 0.5) is 0 Å². The highest BCUT2D eigenvalue weighted by atomic mass is 32.1. The number of hydrogen-bond acceptors (Lipinski definition) is 4. The summed E-state index contributed by atoms with van der Waals surface area (Å²) >= 11 is 2.84. The van der Waals surface area contributed by atoms with Gasteiger partial charge in [-0.25, -0.2) is 0 Å². The van der Waals surface area contributed by atoms with E-state index in [4.69, 9.17) is 0 Å². The van der Waals surface area contributed by atoms with Gasteiger partial charge in [-0.15, -0.1) is 11.3 Å². The van der Waals surface area contributed by atoms with Gasteiger partial charge in [0.25, 0.3) is 0 Å². The van der Waals surface area contributed by atoms with E-state index in [0.717, 1.165) is 4.88 Å². The Bertz CT molecular complexity index is 437. The van der Waals surface area contributed by atoms with Gasteiger partial charge in [0.2, 0.25) is 5.78 Å². The Hall–Kier alpha value is -1.000. The van der Waals surface area contributed by atoms with Crippen LogP contribution in [0.15, 0.2) is 17.5 Å². The quantitative estimate of drug-likeness (QED) is 0.732. The van der Waals surface area contributed by atoms with Gasteiger partial charge in [-0.2, -0.15) is 4.37 Å². The van der Waals surface area contributed by atoms with Crippen molar-refractivity contribution < 1.29 is 4.79 Å². The molecular formula is C10H9NOS2. The van der Waals surface area contributed by atoms with Gasteiger partial charge in [0, 0.05) is 10.3 Å². The largest absolute Gasteiger partial charge is 0.286 e. The highest BCUT2D eigenvalue weighted by Crippen LogP contribution is 2.23. The van der Waals surface area contributed by atoms with Crippen LogP contribution in [-0.4, -0.2) is 10.2 Å². The van der Waals surface area contributed by atoms with Crippen LogP contribution in [-0.2, 0) is 0 Å². The number of aryl methyl sites for hydroxylation is 2. The minimum Gasteiger partial charge on any atom is -0.286 e. The zero-order chi connectivity index (χ0) is 10.1. The lowest BCUT2D eigenvalue weighted by molar-refractivity contribution is 0.103. The Balaban J connectivity index is 2.37. The number of ketones is 1. The summed E-state index contributed by atoms with van der Waals surface area (Å²) in [6.45, 7) is 4.04. The van der Waals surface area contributed by atoms with Gasteiger partial charge in [0.15, 0.2) is 0 Å². The topological polar surface area (TPSA) is 30.0 Å². The molecule has 72 valence electrons. The molecular weight excluding hydrogens is 214 g/mol. The molecule has 0 amide bonds. The van der Waals surface area contributed by atoms with E-state index in [0.29, 0.717) is 5.69 Å². The fourth-order valence-electron chi connectivity index (χ4n) is 1.14. The summed E-state index contributed by atoms with van der Waals surface area (Å²) in [5.74, 6) is 0.0347. The fraction of sp³-hybridized carbons (Fsp3) is 0.200. The predicted octanol–water partition coefficient (Wildman–Crippen LogP) is 3.05. The van der Waals surface area contributed by atoms with Crippen molar-refractivity contribution in [2.24, 2.45) is 0 Å². The third kappa shape index (κ3) is 1.63. The van der Waals surface area contributed by atoms with Crippen molar-refractivity contribution >= 4 is 28.7 Å². The second-order valence-electron chi connectivity index (χ2n) is 3.06. The Morgan fingerprint density at radius 2 is 2.21 bits per heavy atom. The molecule has 0 aliphatic heterocycles. The molecule has 2 heterocycles. The predicted molar refractivity (Wildman–Crippen MR) is 59.3 cm³/mol.